The summed E-state index contributed by atoms with van der Waals surface area (Å²) < 4.78 is 38.9. The van der Waals surface area contributed by atoms with Gasteiger partial charge in [-0.15, -0.1) is 0 Å². The smallest absolute Gasteiger partial charge is 0.248 e. The van der Waals surface area contributed by atoms with Gasteiger partial charge in [0.2, 0.25) is 15.9 Å². The number of nitrogens with zero attached hydrogens (tertiary/aromatic N) is 1. The van der Waals surface area contributed by atoms with Crippen LogP contribution >= 0.6 is 11.6 Å². The highest BCUT2D eigenvalue weighted by Gasteiger charge is 2.29. The van der Waals surface area contributed by atoms with Crippen molar-refractivity contribution in [3.8, 4) is 0 Å². The van der Waals surface area contributed by atoms with Crippen LogP contribution in [0, 0.1) is 5.82 Å². The first-order valence-electron chi connectivity index (χ1n) is 7.00. The Bertz CT molecular complexity index is 841. The third kappa shape index (κ3) is 4.24. The summed E-state index contributed by atoms with van der Waals surface area (Å²) in [7, 11) is -3.74. The monoisotopic (exact) mass is 370 g/mol. The number of nitrogens with one attached hydrogen (secondary N) is 1. The third-order valence-corrected chi connectivity index (χ3v) is 4.79. The van der Waals surface area contributed by atoms with Crippen molar-refractivity contribution in [1.82, 2.24) is 0 Å². The lowest BCUT2D eigenvalue weighted by atomic mass is 10.2. The topological polar surface area (TPSA) is 66.5 Å². The van der Waals surface area contributed by atoms with E-state index in [9.17, 15) is 17.6 Å². The predicted octanol–water partition coefficient (Wildman–Crippen LogP) is 3.27. The van der Waals surface area contributed by atoms with Gasteiger partial charge in [-0.3, -0.25) is 9.10 Å². The molecule has 0 fully saturated rings. The van der Waals surface area contributed by atoms with E-state index in [1.54, 1.807) is 6.07 Å². The number of benzene rings is 2. The van der Waals surface area contributed by atoms with Crippen LogP contribution in [-0.2, 0) is 14.8 Å². The standard InChI is InChI=1S/C16H16ClFN2O3S/c1-11(16(21)19-15-6-4-3-5-14(15)18)20(24(2,22)23)13-9-7-12(17)8-10-13/h3-11H,1-2H3,(H,19,21)/t11-/m1/s1. The lowest BCUT2D eigenvalue weighted by Crippen LogP contribution is -2.45. The fraction of sp³-hybridized carbons (Fsp3) is 0.188. The fourth-order valence-corrected chi connectivity index (χ4v) is 3.50. The Balaban J connectivity index is 2.31. The molecule has 2 rings (SSSR count). The molecule has 0 heterocycles. The first-order valence-corrected chi connectivity index (χ1v) is 9.23. The second-order valence-corrected chi connectivity index (χ2v) is 7.48. The van der Waals surface area contributed by atoms with Gasteiger partial charge in [0.1, 0.15) is 11.9 Å². The third-order valence-electron chi connectivity index (χ3n) is 3.30. The molecule has 0 bridgehead atoms. The summed E-state index contributed by atoms with van der Waals surface area (Å²) in [6.45, 7) is 1.42. The number of amides is 1. The molecule has 1 atom stereocenters. The van der Waals surface area contributed by atoms with Crippen LogP contribution in [0.4, 0.5) is 15.8 Å². The van der Waals surface area contributed by atoms with E-state index in [1.165, 1.54) is 49.4 Å². The van der Waals surface area contributed by atoms with Gasteiger partial charge in [0.15, 0.2) is 0 Å². The maximum absolute atomic E-state index is 13.7. The number of hydrogen-bond acceptors (Lipinski definition) is 3. The fourth-order valence-electron chi connectivity index (χ4n) is 2.20. The number of carbonyl (C=O) groups excluding carboxylic acids is 1. The number of carbonyl (C=O) groups is 1. The van der Waals surface area contributed by atoms with Gasteiger partial charge in [0.05, 0.1) is 17.6 Å². The van der Waals surface area contributed by atoms with Crippen molar-refractivity contribution in [3.05, 3.63) is 59.4 Å². The average Bonchev–Trinajstić information content (AvgIpc) is 2.50. The van der Waals surface area contributed by atoms with Gasteiger partial charge in [-0.2, -0.15) is 0 Å². The Kier molecular flexibility index (Phi) is 5.46. The van der Waals surface area contributed by atoms with Crippen LogP contribution in [0.5, 0.6) is 0 Å². The van der Waals surface area contributed by atoms with Crippen molar-refractivity contribution >= 4 is 38.9 Å². The Morgan fingerprint density at radius 2 is 1.75 bits per heavy atom. The highest BCUT2D eigenvalue weighted by molar-refractivity contribution is 7.92. The highest BCUT2D eigenvalue weighted by atomic mass is 35.5. The van der Waals surface area contributed by atoms with Gasteiger partial charge in [-0.1, -0.05) is 23.7 Å². The summed E-state index contributed by atoms with van der Waals surface area (Å²) >= 11 is 5.81. The average molecular weight is 371 g/mol. The number of rotatable bonds is 5. The molecule has 1 amide bonds. The lowest BCUT2D eigenvalue weighted by molar-refractivity contribution is -0.116. The molecule has 128 valence electrons. The van der Waals surface area contributed by atoms with E-state index in [4.69, 9.17) is 11.6 Å². The van der Waals surface area contributed by atoms with Crippen LogP contribution in [0.2, 0.25) is 5.02 Å². The normalized spacial score (nSPS) is 12.5. The zero-order valence-electron chi connectivity index (χ0n) is 13.0. The van der Waals surface area contributed by atoms with E-state index in [2.05, 4.69) is 5.32 Å². The molecule has 0 aliphatic carbocycles. The van der Waals surface area contributed by atoms with Gasteiger partial charge < -0.3 is 5.32 Å². The Labute approximate surface area is 145 Å². The van der Waals surface area contributed by atoms with Crippen molar-refractivity contribution in [3.63, 3.8) is 0 Å². The molecule has 0 saturated carbocycles. The van der Waals surface area contributed by atoms with Crippen LogP contribution in [0.25, 0.3) is 0 Å². The minimum atomic E-state index is -3.74. The zero-order chi connectivity index (χ0) is 17.9. The SMILES string of the molecule is C[C@H](C(=O)Nc1ccccc1F)N(c1ccc(Cl)cc1)S(C)(=O)=O. The molecule has 5 nitrogen and oxygen atoms in total. The van der Waals surface area contributed by atoms with Crippen LogP contribution in [0.1, 0.15) is 6.92 Å². The first-order chi connectivity index (χ1) is 11.2. The molecule has 0 unspecified atom stereocenters. The van der Waals surface area contributed by atoms with Crippen molar-refractivity contribution in [2.75, 3.05) is 15.9 Å². The summed E-state index contributed by atoms with van der Waals surface area (Å²) in [6.07, 6.45) is 0.995. The number of para-hydroxylation sites is 1. The molecule has 2 aromatic rings. The maximum atomic E-state index is 13.7. The van der Waals surface area contributed by atoms with Crippen molar-refractivity contribution < 1.29 is 17.6 Å². The van der Waals surface area contributed by atoms with Crippen LogP contribution in [-0.4, -0.2) is 26.6 Å². The number of halogens is 2. The highest BCUT2D eigenvalue weighted by Crippen LogP contribution is 2.24. The summed E-state index contributed by atoms with van der Waals surface area (Å²) in [5.41, 5.74) is 0.275. The Hall–Kier alpha value is -2.12. The van der Waals surface area contributed by atoms with E-state index < -0.39 is 27.8 Å². The minimum absolute atomic E-state index is 0.0149. The molecule has 0 saturated heterocycles. The van der Waals surface area contributed by atoms with Gasteiger partial charge in [-0.25, -0.2) is 12.8 Å². The van der Waals surface area contributed by atoms with Gasteiger partial charge in [0.25, 0.3) is 0 Å². The molecule has 2 aromatic carbocycles. The Morgan fingerprint density at radius 3 is 2.29 bits per heavy atom. The van der Waals surface area contributed by atoms with Gasteiger partial charge in [-0.05, 0) is 43.3 Å². The van der Waals surface area contributed by atoms with Crippen LogP contribution in [0.3, 0.4) is 0 Å². The van der Waals surface area contributed by atoms with Crippen molar-refractivity contribution in [2.24, 2.45) is 0 Å². The quantitative estimate of drug-likeness (QED) is 0.878. The van der Waals surface area contributed by atoms with Gasteiger partial charge >= 0.3 is 0 Å². The molecule has 1 N–H and O–H groups in total. The second-order valence-electron chi connectivity index (χ2n) is 5.18. The molecular formula is C16H16ClFN2O3S. The maximum Gasteiger partial charge on any atom is 0.248 e. The molecule has 24 heavy (non-hydrogen) atoms. The van der Waals surface area contributed by atoms with Crippen molar-refractivity contribution in [2.45, 2.75) is 13.0 Å². The van der Waals surface area contributed by atoms with E-state index in [1.807, 2.05) is 0 Å². The molecule has 0 radical (unpaired) electrons. The van der Waals surface area contributed by atoms with Crippen LogP contribution < -0.4 is 9.62 Å². The number of hydrogen-bond donors (Lipinski definition) is 1. The van der Waals surface area contributed by atoms with E-state index in [0.717, 1.165) is 10.6 Å². The second kappa shape index (κ2) is 7.19. The first kappa shape index (κ1) is 18.2. The zero-order valence-corrected chi connectivity index (χ0v) is 14.6. The molecular weight excluding hydrogens is 355 g/mol. The predicted molar refractivity (Wildman–Crippen MR) is 93.3 cm³/mol. The van der Waals surface area contributed by atoms with E-state index >= 15 is 0 Å². The van der Waals surface area contributed by atoms with E-state index in [0.29, 0.717) is 5.02 Å². The number of anilines is 2. The molecule has 0 aliphatic heterocycles. The summed E-state index contributed by atoms with van der Waals surface area (Å²) in [5, 5.41) is 2.84. The minimum Gasteiger partial charge on any atom is -0.322 e. The van der Waals surface area contributed by atoms with Gasteiger partial charge in [0, 0.05) is 5.02 Å². The molecule has 8 heteroatoms. The summed E-state index contributed by atoms with van der Waals surface area (Å²) in [4.78, 5) is 12.4. The Morgan fingerprint density at radius 1 is 1.17 bits per heavy atom. The molecule has 0 spiro atoms. The largest absolute Gasteiger partial charge is 0.322 e. The molecule has 0 aliphatic rings. The lowest BCUT2D eigenvalue weighted by Gasteiger charge is -2.28. The summed E-state index contributed by atoms with van der Waals surface area (Å²) in [5.74, 6) is -1.25. The van der Waals surface area contributed by atoms with E-state index in [-0.39, 0.29) is 11.4 Å². The summed E-state index contributed by atoms with van der Waals surface area (Å²) in [6, 6.07) is 10.6. The number of sulfonamides is 1. The molecule has 0 aromatic heterocycles. The van der Waals surface area contributed by atoms with Crippen molar-refractivity contribution in [1.29, 1.82) is 0 Å². The van der Waals surface area contributed by atoms with Crippen LogP contribution in [0.15, 0.2) is 48.5 Å².